The molecule has 0 N–H and O–H groups in total. The maximum Gasteiger partial charge on any atom is 0.257 e. The van der Waals surface area contributed by atoms with Crippen molar-refractivity contribution in [2.45, 2.75) is 32.6 Å². The Morgan fingerprint density at radius 3 is 2.71 bits per heavy atom. The Labute approximate surface area is 164 Å². The van der Waals surface area contributed by atoms with Crippen molar-refractivity contribution >= 4 is 5.91 Å². The zero-order valence-corrected chi connectivity index (χ0v) is 16.5. The number of rotatable bonds is 3. The zero-order valence-electron chi connectivity index (χ0n) is 16.5. The van der Waals surface area contributed by atoms with Gasteiger partial charge in [0.2, 0.25) is 0 Å². The molecule has 7 heteroatoms. The molecule has 0 aliphatic carbocycles. The third kappa shape index (κ3) is 3.52. The Morgan fingerprint density at radius 2 is 2.00 bits per heavy atom. The van der Waals surface area contributed by atoms with Gasteiger partial charge in [0.05, 0.1) is 17.0 Å². The number of carbonyl (C=O) groups is 1. The van der Waals surface area contributed by atoms with Gasteiger partial charge < -0.3 is 4.90 Å². The Hall–Kier alpha value is -3.09. The monoisotopic (exact) mass is 376 g/mol. The molecule has 4 heterocycles. The minimum absolute atomic E-state index is 0.0477. The Balaban J connectivity index is 1.64. The van der Waals surface area contributed by atoms with Crippen LogP contribution in [0.25, 0.3) is 11.1 Å². The van der Waals surface area contributed by atoms with Crippen LogP contribution >= 0.6 is 0 Å². The van der Waals surface area contributed by atoms with Crippen LogP contribution in [0.3, 0.4) is 0 Å². The van der Waals surface area contributed by atoms with Gasteiger partial charge in [-0.3, -0.25) is 14.5 Å². The van der Waals surface area contributed by atoms with Gasteiger partial charge in [0, 0.05) is 56.4 Å². The molecule has 4 rings (SSSR count). The van der Waals surface area contributed by atoms with Gasteiger partial charge in [-0.25, -0.2) is 9.97 Å². The summed E-state index contributed by atoms with van der Waals surface area (Å²) in [5.41, 5.74) is 4.53. The highest BCUT2D eigenvalue weighted by Crippen LogP contribution is 2.33. The van der Waals surface area contributed by atoms with Crippen LogP contribution in [0, 0.1) is 13.8 Å². The van der Waals surface area contributed by atoms with Crippen molar-refractivity contribution in [3.8, 4) is 11.1 Å². The summed E-state index contributed by atoms with van der Waals surface area (Å²) in [6.45, 7) is 5.20. The molecule has 1 aliphatic heterocycles. The summed E-state index contributed by atoms with van der Waals surface area (Å²) < 4.78 is 1.69. The van der Waals surface area contributed by atoms with Gasteiger partial charge in [0.15, 0.2) is 0 Å². The van der Waals surface area contributed by atoms with Crippen molar-refractivity contribution in [1.82, 2.24) is 29.6 Å². The second-order valence-electron chi connectivity index (χ2n) is 7.34. The highest BCUT2D eigenvalue weighted by Gasteiger charge is 2.29. The summed E-state index contributed by atoms with van der Waals surface area (Å²) >= 11 is 0. The van der Waals surface area contributed by atoms with E-state index in [9.17, 15) is 4.79 Å². The quantitative estimate of drug-likeness (QED) is 0.702. The Morgan fingerprint density at radius 1 is 1.21 bits per heavy atom. The molecule has 1 amide bonds. The number of aromatic nitrogens is 5. The van der Waals surface area contributed by atoms with Gasteiger partial charge in [0.1, 0.15) is 5.82 Å². The zero-order chi connectivity index (χ0) is 19.7. The number of carbonyl (C=O) groups excluding carboxylic acids is 1. The molecule has 1 aliphatic rings. The van der Waals surface area contributed by atoms with Gasteiger partial charge >= 0.3 is 0 Å². The first-order chi connectivity index (χ1) is 13.5. The predicted octanol–water partition coefficient (Wildman–Crippen LogP) is 2.91. The molecule has 144 valence electrons. The van der Waals surface area contributed by atoms with Gasteiger partial charge in [-0.2, -0.15) is 5.10 Å². The van der Waals surface area contributed by atoms with Crippen LogP contribution in [-0.2, 0) is 7.05 Å². The first kappa shape index (κ1) is 18.3. The lowest BCUT2D eigenvalue weighted by molar-refractivity contribution is 0.0705. The topological polar surface area (TPSA) is 76.8 Å². The fourth-order valence-electron chi connectivity index (χ4n) is 3.92. The Kier molecular flexibility index (Phi) is 4.90. The van der Waals surface area contributed by atoms with E-state index in [2.05, 4.69) is 15.1 Å². The number of hydrogen-bond donors (Lipinski definition) is 0. The molecule has 0 bridgehead atoms. The lowest BCUT2D eigenvalue weighted by atomic mass is 9.90. The van der Waals surface area contributed by atoms with Crippen molar-refractivity contribution < 1.29 is 4.79 Å². The summed E-state index contributed by atoms with van der Waals surface area (Å²) in [5.74, 6) is 0.977. The smallest absolute Gasteiger partial charge is 0.257 e. The standard InChI is InChI=1S/C21H24N6O/c1-14-19(13-26(3)25-14)21(28)27-10-4-5-17(12-27)20-18(11-23-15(2)24-20)16-6-8-22-9-7-16/h6-9,11,13,17H,4-5,10,12H2,1-3H3. The molecule has 1 saturated heterocycles. The van der Waals surface area contributed by atoms with Crippen molar-refractivity contribution in [1.29, 1.82) is 0 Å². The number of likely N-dealkylation sites (tertiary alicyclic amines) is 1. The van der Waals surface area contributed by atoms with Crippen LogP contribution in [-0.4, -0.2) is 48.6 Å². The van der Waals surface area contributed by atoms with Crippen molar-refractivity contribution in [2.24, 2.45) is 7.05 Å². The second-order valence-corrected chi connectivity index (χ2v) is 7.34. The highest BCUT2D eigenvalue weighted by molar-refractivity contribution is 5.95. The average molecular weight is 376 g/mol. The van der Waals surface area contributed by atoms with E-state index >= 15 is 0 Å². The van der Waals surface area contributed by atoms with Crippen molar-refractivity contribution in [2.75, 3.05) is 13.1 Å². The number of nitrogens with zero attached hydrogens (tertiary/aromatic N) is 6. The molecule has 3 aromatic rings. The third-order valence-electron chi connectivity index (χ3n) is 5.27. The molecule has 0 aromatic carbocycles. The number of hydrogen-bond acceptors (Lipinski definition) is 5. The lowest BCUT2D eigenvalue weighted by Gasteiger charge is -2.33. The molecule has 28 heavy (non-hydrogen) atoms. The van der Waals surface area contributed by atoms with Crippen LogP contribution in [0.4, 0.5) is 0 Å². The summed E-state index contributed by atoms with van der Waals surface area (Å²) in [4.78, 5) is 28.3. The molecular formula is C21H24N6O. The summed E-state index contributed by atoms with van der Waals surface area (Å²) in [6, 6.07) is 3.95. The molecule has 0 spiro atoms. The largest absolute Gasteiger partial charge is 0.338 e. The van der Waals surface area contributed by atoms with Crippen molar-refractivity contribution in [3.05, 3.63) is 59.7 Å². The molecule has 3 aromatic heterocycles. The molecule has 1 fully saturated rings. The normalized spacial score (nSPS) is 17.0. The number of amides is 1. The number of pyridine rings is 1. The predicted molar refractivity (Wildman–Crippen MR) is 106 cm³/mol. The SMILES string of the molecule is Cc1ncc(-c2ccncc2)c(C2CCCN(C(=O)c3cn(C)nc3C)C2)n1. The van der Waals surface area contributed by atoms with Crippen LogP contribution < -0.4 is 0 Å². The van der Waals surface area contributed by atoms with Crippen molar-refractivity contribution in [3.63, 3.8) is 0 Å². The fraction of sp³-hybridized carbons (Fsp3) is 0.381. The first-order valence-electron chi connectivity index (χ1n) is 9.56. The van der Waals surface area contributed by atoms with Crippen LogP contribution in [0.1, 0.15) is 46.3 Å². The second kappa shape index (κ2) is 7.50. The van der Waals surface area contributed by atoms with E-state index in [1.54, 1.807) is 23.3 Å². The minimum atomic E-state index is 0.0477. The number of piperidine rings is 1. The van der Waals surface area contributed by atoms with Gasteiger partial charge in [0.25, 0.3) is 5.91 Å². The molecule has 1 unspecified atom stereocenters. The van der Waals surface area contributed by atoms with E-state index in [0.29, 0.717) is 12.1 Å². The summed E-state index contributed by atoms with van der Waals surface area (Å²) in [7, 11) is 1.84. The average Bonchev–Trinajstić information content (AvgIpc) is 3.06. The molecule has 1 atom stereocenters. The van der Waals surface area contributed by atoms with E-state index in [-0.39, 0.29) is 11.8 Å². The van der Waals surface area contributed by atoms with Crippen LogP contribution in [0.15, 0.2) is 36.9 Å². The fourth-order valence-corrected chi connectivity index (χ4v) is 3.92. The van der Waals surface area contributed by atoms with E-state index < -0.39 is 0 Å². The number of aryl methyl sites for hydroxylation is 3. The summed E-state index contributed by atoms with van der Waals surface area (Å²) in [5, 5.41) is 4.31. The first-order valence-corrected chi connectivity index (χ1v) is 9.56. The van der Waals surface area contributed by atoms with E-state index in [0.717, 1.165) is 47.7 Å². The third-order valence-corrected chi connectivity index (χ3v) is 5.27. The maximum absolute atomic E-state index is 13.1. The van der Waals surface area contributed by atoms with Gasteiger partial charge in [-0.1, -0.05) is 0 Å². The molecular weight excluding hydrogens is 352 g/mol. The highest BCUT2D eigenvalue weighted by atomic mass is 16.2. The molecule has 0 radical (unpaired) electrons. The summed E-state index contributed by atoms with van der Waals surface area (Å²) in [6.07, 6.45) is 9.21. The minimum Gasteiger partial charge on any atom is -0.338 e. The van der Waals surface area contributed by atoms with E-state index in [1.165, 1.54) is 0 Å². The van der Waals surface area contributed by atoms with E-state index in [1.807, 2.05) is 44.1 Å². The molecule has 7 nitrogen and oxygen atoms in total. The maximum atomic E-state index is 13.1. The van der Waals surface area contributed by atoms with Gasteiger partial charge in [-0.15, -0.1) is 0 Å². The Bertz CT molecular complexity index is 997. The molecule has 0 saturated carbocycles. The lowest BCUT2D eigenvalue weighted by Crippen LogP contribution is -2.39. The van der Waals surface area contributed by atoms with E-state index in [4.69, 9.17) is 4.98 Å². The van der Waals surface area contributed by atoms with Crippen LogP contribution in [0.5, 0.6) is 0 Å². The van der Waals surface area contributed by atoms with Crippen LogP contribution in [0.2, 0.25) is 0 Å². The van der Waals surface area contributed by atoms with Gasteiger partial charge in [-0.05, 0) is 44.4 Å².